The highest BCUT2D eigenvalue weighted by Crippen LogP contribution is 2.30. The smallest absolute Gasteiger partial charge is 0.275 e. The van der Waals surface area contributed by atoms with Crippen molar-refractivity contribution in [3.8, 4) is 0 Å². The SMILES string of the molecule is CC1=C(C)C(=O)N(OC2CCCCO2)C2CCCN2C1=O. The van der Waals surface area contributed by atoms with E-state index in [4.69, 9.17) is 9.57 Å². The Morgan fingerprint density at radius 2 is 1.81 bits per heavy atom. The van der Waals surface area contributed by atoms with Crippen LogP contribution in [0.4, 0.5) is 0 Å². The quantitative estimate of drug-likeness (QED) is 0.775. The normalized spacial score (nSPS) is 30.8. The van der Waals surface area contributed by atoms with Crippen LogP contribution in [0.3, 0.4) is 0 Å². The van der Waals surface area contributed by atoms with Gasteiger partial charge in [-0.25, -0.2) is 4.84 Å². The highest BCUT2D eigenvalue weighted by Gasteiger charge is 2.42. The summed E-state index contributed by atoms with van der Waals surface area (Å²) < 4.78 is 5.57. The van der Waals surface area contributed by atoms with Crippen molar-refractivity contribution >= 4 is 11.8 Å². The Hall–Kier alpha value is -1.40. The molecule has 2 unspecified atom stereocenters. The van der Waals surface area contributed by atoms with Crippen LogP contribution < -0.4 is 0 Å². The zero-order valence-corrected chi connectivity index (χ0v) is 12.6. The van der Waals surface area contributed by atoms with Crippen molar-refractivity contribution in [1.29, 1.82) is 0 Å². The molecule has 3 heterocycles. The molecule has 0 aromatic heterocycles. The number of hydrogen-bond donors (Lipinski definition) is 0. The fraction of sp³-hybridized carbons (Fsp3) is 0.733. The van der Waals surface area contributed by atoms with Crippen molar-refractivity contribution in [3.05, 3.63) is 11.1 Å². The lowest BCUT2D eigenvalue weighted by molar-refractivity contribution is -0.298. The van der Waals surface area contributed by atoms with E-state index in [2.05, 4.69) is 0 Å². The number of carbonyl (C=O) groups excluding carboxylic acids is 2. The molecule has 0 aromatic rings. The first-order valence-corrected chi connectivity index (χ1v) is 7.70. The molecule has 0 N–H and O–H groups in total. The van der Waals surface area contributed by atoms with Crippen LogP contribution in [0, 0.1) is 0 Å². The van der Waals surface area contributed by atoms with Crippen molar-refractivity contribution in [2.24, 2.45) is 0 Å². The van der Waals surface area contributed by atoms with Crippen LogP contribution in [0.1, 0.15) is 46.0 Å². The lowest BCUT2D eigenvalue weighted by Gasteiger charge is -2.35. The molecule has 0 aromatic carbocycles. The largest absolute Gasteiger partial charge is 0.350 e. The predicted octanol–water partition coefficient (Wildman–Crippen LogP) is 1.57. The van der Waals surface area contributed by atoms with Crippen LogP contribution in [0.2, 0.25) is 0 Å². The molecule has 2 amide bonds. The van der Waals surface area contributed by atoms with Gasteiger partial charge in [0.05, 0.1) is 0 Å². The van der Waals surface area contributed by atoms with Gasteiger partial charge in [-0.3, -0.25) is 9.59 Å². The van der Waals surface area contributed by atoms with Crippen molar-refractivity contribution in [2.75, 3.05) is 13.2 Å². The minimum atomic E-state index is -0.383. The zero-order valence-electron chi connectivity index (χ0n) is 12.6. The van der Waals surface area contributed by atoms with Gasteiger partial charge in [0.2, 0.25) is 0 Å². The first kappa shape index (κ1) is 14.5. The molecule has 0 spiro atoms. The van der Waals surface area contributed by atoms with Crippen LogP contribution in [-0.2, 0) is 19.2 Å². The number of hydroxylamine groups is 2. The van der Waals surface area contributed by atoms with Crippen LogP contribution in [0.5, 0.6) is 0 Å². The third-order valence-electron chi connectivity index (χ3n) is 4.53. The fourth-order valence-corrected chi connectivity index (χ4v) is 3.11. The molecule has 0 saturated carbocycles. The van der Waals surface area contributed by atoms with Gasteiger partial charge in [-0.2, -0.15) is 5.06 Å². The van der Waals surface area contributed by atoms with Crippen molar-refractivity contribution in [1.82, 2.24) is 9.96 Å². The van der Waals surface area contributed by atoms with Gasteiger partial charge in [-0.15, -0.1) is 0 Å². The molecule has 6 nitrogen and oxygen atoms in total. The summed E-state index contributed by atoms with van der Waals surface area (Å²) in [6.45, 7) is 4.74. The summed E-state index contributed by atoms with van der Waals surface area (Å²) >= 11 is 0. The average Bonchev–Trinajstić information content (AvgIpc) is 2.97. The number of amides is 2. The number of nitrogens with zero attached hydrogens (tertiary/aromatic N) is 2. The number of hydrogen-bond acceptors (Lipinski definition) is 4. The minimum Gasteiger partial charge on any atom is -0.350 e. The van der Waals surface area contributed by atoms with Gasteiger partial charge in [-0.05, 0) is 39.5 Å². The Balaban J connectivity index is 1.86. The molecule has 0 radical (unpaired) electrons. The summed E-state index contributed by atoms with van der Waals surface area (Å²) in [6.07, 6.45) is 3.81. The Morgan fingerprint density at radius 1 is 1.05 bits per heavy atom. The molecule has 3 aliphatic heterocycles. The molecule has 2 atom stereocenters. The van der Waals surface area contributed by atoms with Crippen molar-refractivity contribution in [3.63, 3.8) is 0 Å². The van der Waals surface area contributed by atoms with Crippen molar-refractivity contribution in [2.45, 2.75) is 58.4 Å². The lowest BCUT2D eigenvalue weighted by Crippen LogP contribution is -2.50. The molecule has 21 heavy (non-hydrogen) atoms. The second-order valence-electron chi connectivity index (χ2n) is 5.90. The maximum Gasteiger partial charge on any atom is 0.275 e. The molecule has 0 aliphatic carbocycles. The van der Waals surface area contributed by atoms with Gasteiger partial charge in [-0.1, -0.05) is 0 Å². The summed E-state index contributed by atoms with van der Waals surface area (Å²) in [6, 6.07) is 0. The summed E-state index contributed by atoms with van der Waals surface area (Å²) in [7, 11) is 0. The third kappa shape index (κ3) is 2.58. The molecule has 6 heteroatoms. The second-order valence-corrected chi connectivity index (χ2v) is 5.90. The number of fused-ring (bicyclic) bond motifs is 1. The molecule has 0 bridgehead atoms. The molecular weight excluding hydrogens is 272 g/mol. The second kappa shape index (κ2) is 5.77. The summed E-state index contributed by atoms with van der Waals surface area (Å²) in [4.78, 5) is 32.6. The zero-order chi connectivity index (χ0) is 15.0. The van der Waals surface area contributed by atoms with Crippen LogP contribution in [0.25, 0.3) is 0 Å². The molecule has 116 valence electrons. The molecule has 2 saturated heterocycles. The van der Waals surface area contributed by atoms with Gasteiger partial charge in [0.1, 0.15) is 6.17 Å². The van der Waals surface area contributed by atoms with Gasteiger partial charge >= 0.3 is 0 Å². The number of ether oxygens (including phenoxy) is 1. The maximum absolute atomic E-state index is 12.6. The number of rotatable bonds is 2. The van der Waals surface area contributed by atoms with E-state index in [1.165, 1.54) is 5.06 Å². The van der Waals surface area contributed by atoms with Crippen molar-refractivity contribution < 1.29 is 19.2 Å². The lowest BCUT2D eigenvalue weighted by atomic mass is 10.1. The Bertz CT molecular complexity index is 482. The number of carbonyl (C=O) groups is 2. The van der Waals surface area contributed by atoms with Crippen LogP contribution >= 0.6 is 0 Å². The van der Waals surface area contributed by atoms with E-state index < -0.39 is 0 Å². The van der Waals surface area contributed by atoms with E-state index in [0.29, 0.717) is 24.3 Å². The fourth-order valence-electron chi connectivity index (χ4n) is 3.11. The summed E-state index contributed by atoms with van der Waals surface area (Å²) in [5, 5.41) is 1.38. The van der Waals surface area contributed by atoms with E-state index in [9.17, 15) is 9.59 Å². The molecule has 3 aliphatic rings. The Labute approximate surface area is 124 Å². The van der Waals surface area contributed by atoms with Gasteiger partial charge in [0.25, 0.3) is 11.8 Å². The van der Waals surface area contributed by atoms with Crippen LogP contribution in [-0.4, -0.2) is 47.4 Å². The van der Waals surface area contributed by atoms with E-state index in [-0.39, 0.29) is 24.3 Å². The predicted molar refractivity (Wildman–Crippen MR) is 74.6 cm³/mol. The highest BCUT2D eigenvalue weighted by molar-refractivity contribution is 6.05. The molecule has 2 fully saturated rings. The van der Waals surface area contributed by atoms with Gasteiger partial charge < -0.3 is 9.64 Å². The van der Waals surface area contributed by atoms with E-state index >= 15 is 0 Å². The van der Waals surface area contributed by atoms with E-state index in [0.717, 1.165) is 32.1 Å². The minimum absolute atomic E-state index is 0.0565. The first-order valence-electron chi connectivity index (χ1n) is 7.70. The van der Waals surface area contributed by atoms with E-state index in [1.54, 1.807) is 18.7 Å². The molecular formula is C15H22N2O4. The van der Waals surface area contributed by atoms with E-state index in [1.807, 2.05) is 0 Å². The van der Waals surface area contributed by atoms with Gasteiger partial charge in [0.15, 0.2) is 6.29 Å². The summed E-state index contributed by atoms with van der Waals surface area (Å²) in [5.74, 6) is -0.275. The van der Waals surface area contributed by atoms with Crippen LogP contribution in [0.15, 0.2) is 11.1 Å². The van der Waals surface area contributed by atoms with Gasteiger partial charge in [0, 0.05) is 30.7 Å². The first-order chi connectivity index (χ1) is 10.1. The topological polar surface area (TPSA) is 59.1 Å². The Morgan fingerprint density at radius 3 is 2.52 bits per heavy atom. The average molecular weight is 294 g/mol. The Kier molecular flexibility index (Phi) is 3.99. The monoisotopic (exact) mass is 294 g/mol. The standard InChI is InChI=1S/C15H22N2O4/c1-10-11(2)15(19)17(21-13-7-3-4-9-20-13)12-6-5-8-16(12)14(10)18/h12-13H,3-9H2,1-2H3. The maximum atomic E-state index is 12.6. The highest BCUT2D eigenvalue weighted by atomic mass is 16.8. The third-order valence-corrected chi connectivity index (χ3v) is 4.53. The summed E-state index contributed by atoms with van der Waals surface area (Å²) in [5.41, 5.74) is 0.979. The molecule has 3 rings (SSSR count).